The van der Waals surface area contributed by atoms with Crippen LogP contribution >= 0.6 is 11.6 Å². The second-order valence-electron chi connectivity index (χ2n) is 2.76. The van der Waals surface area contributed by atoms with Crippen LogP contribution in [0.15, 0.2) is 0 Å². The number of carbonyl (C=O) groups is 1. The van der Waals surface area contributed by atoms with Crippen LogP contribution in [-0.4, -0.2) is 25.3 Å². The van der Waals surface area contributed by atoms with Crippen LogP contribution in [0.2, 0.25) is 0 Å². The van der Waals surface area contributed by atoms with Gasteiger partial charge in [0.2, 0.25) is 5.24 Å². The van der Waals surface area contributed by atoms with E-state index in [-0.39, 0.29) is 12.8 Å². The standard InChI is InChI=1S/C7H10ClF3O/c8-6(12)1-2-7(3-9,4-10)5-11/h1-5H2. The fourth-order valence-corrected chi connectivity index (χ4v) is 0.766. The number of rotatable bonds is 6. The van der Waals surface area contributed by atoms with Crippen LogP contribution in [-0.2, 0) is 4.79 Å². The Morgan fingerprint density at radius 2 is 1.58 bits per heavy atom. The molecule has 0 aliphatic heterocycles. The molecule has 0 saturated heterocycles. The van der Waals surface area contributed by atoms with Crippen molar-refractivity contribution in [3.05, 3.63) is 0 Å². The van der Waals surface area contributed by atoms with E-state index in [0.717, 1.165) is 0 Å². The first-order chi connectivity index (χ1) is 5.60. The van der Waals surface area contributed by atoms with Crippen LogP contribution in [0.1, 0.15) is 12.8 Å². The molecule has 0 aromatic rings. The molecule has 0 amide bonds. The lowest BCUT2D eigenvalue weighted by atomic mass is 9.88. The van der Waals surface area contributed by atoms with Crippen LogP contribution in [0.3, 0.4) is 0 Å². The molecule has 0 spiro atoms. The maximum atomic E-state index is 12.1. The summed E-state index contributed by atoms with van der Waals surface area (Å²) < 4.78 is 36.4. The summed E-state index contributed by atoms with van der Waals surface area (Å²) in [5, 5.41) is -0.699. The Kier molecular flexibility index (Phi) is 5.29. The summed E-state index contributed by atoms with van der Waals surface area (Å²) in [7, 11) is 0. The highest BCUT2D eigenvalue weighted by Gasteiger charge is 2.31. The van der Waals surface area contributed by atoms with E-state index < -0.39 is 30.7 Å². The van der Waals surface area contributed by atoms with Gasteiger partial charge in [0.05, 0.1) is 5.41 Å². The van der Waals surface area contributed by atoms with Gasteiger partial charge in [-0.25, -0.2) is 0 Å². The number of hydrogen-bond acceptors (Lipinski definition) is 1. The summed E-state index contributed by atoms with van der Waals surface area (Å²) >= 11 is 4.95. The highest BCUT2D eigenvalue weighted by Crippen LogP contribution is 2.26. The molecule has 0 fully saturated rings. The summed E-state index contributed by atoms with van der Waals surface area (Å²) in [6, 6.07) is 0. The quantitative estimate of drug-likeness (QED) is 0.605. The Bertz CT molecular complexity index is 139. The van der Waals surface area contributed by atoms with Gasteiger partial charge in [0, 0.05) is 6.42 Å². The molecule has 0 aliphatic rings. The van der Waals surface area contributed by atoms with Crippen molar-refractivity contribution in [2.75, 3.05) is 20.0 Å². The molecule has 0 aliphatic carbocycles. The van der Waals surface area contributed by atoms with E-state index in [1.54, 1.807) is 0 Å². The largest absolute Gasteiger partial charge is 0.281 e. The van der Waals surface area contributed by atoms with Crippen LogP contribution in [0.25, 0.3) is 0 Å². The normalized spacial score (nSPS) is 11.7. The fourth-order valence-electron chi connectivity index (χ4n) is 0.671. The van der Waals surface area contributed by atoms with Crippen molar-refractivity contribution in [2.24, 2.45) is 5.41 Å². The van der Waals surface area contributed by atoms with Gasteiger partial charge in [0.1, 0.15) is 20.0 Å². The molecule has 72 valence electrons. The number of halogens is 4. The van der Waals surface area contributed by atoms with Gasteiger partial charge in [-0.15, -0.1) is 0 Å². The smallest absolute Gasteiger partial charge is 0.221 e. The molecule has 0 aromatic carbocycles. The Labute approximate surface area is 73.9 Å². The fraction of sp³-hybridized carbons (Fsp3) is 0.857. The van der Waals surface area contributed by atoms with Crippen molar-refractivity contribution >= 4 is 16.8 Å². The van der Waals surface area contributed by atoms with Crippen molar-refractivity contribution in [3.63, 3.8) is 0 Å². The Morgan fingerprint density at radius 3 is 1.83 bits per heavy atom. The van der Waals surface area contributed by atoms with Gasteiger partial charge in [-0.1, -0.05) is 0 Å². The van der Waals surface area contributed by atoms with Gasteiger partial charge in [-0.2, -0.15) is 0 Å². The average molecular weight is 203 g/mol. The maximum Gasteiger partial charge on any atom is 0.221 e. The van der Waals surface area contributed by atoms with Crippen molar-refractivity contribution < 1.29 is 18.0 Å². The molecule has 0 bridgehead atoms. The van der Waals surface area contributed by atoms with E-state index in [9.17, 15) is 18.0 Å². The molecule has 0 saturated carbocycles. The molecular weight excluding hydrogens is 193 g/mol. The third-order valence-electron chi connectivity index (χ3n) is 1.70. The van der Waals surface area contributed by atoms with Gasteiger partial charge in [0.15, 0.2) is 0 Å². The zero-order valence-corrected chi connectivity index (χ0v) is 7.21. The zero-order valence-electron chi connectivity index (χ0n) is 6.46. The van der Waals surface area contributed by atoms with Gasteiger partial charge < -0.3 is 0 Å². The molecule has 0 aromatic heterocycles. The lowest BCUT2D eigenvalue weighted by Gasteiger charge is -2.22. The molecule has 0 rings (SSSR count). The summed E-state index contributed by atoms with van der Waals surface area (Å²) in [6.45, 7) is -3.32. The third kappa shape index (κ3) is 3.43. The highest BCUT2D eigenvalue weighted by molar-refractivity contribution is 6.63. The monoisotopic (exact) mass is 202 g/mol. The minimum Gasteiger partial charge on any atom is -0.281 e. The van der Waals surface area contributed by atoms with Crippen LogP contribution < -0.4 is 0 Å². The first kappa shape index (κ1) is 11.8. The Morgan fingerprint density at radius 1 is 1.17 bits per heavy atom. The minimum atomic E-state index is -1.65. The first-order valence-electron chi connectivity index (χ1n) is 3.46. The molecule has 0 radical (unpaired) electrons. The lowest BCUT2D eigenvalue weighted by Crippen LogP contribution is -2.29. The van der Waals surface area contributed by atoms with Gasteiger partial charge in [-0.05, 0) is 18.0 Å². The van der Waals surface area contributed by atoms with E-state index in [1.165, 1.54) is 0 Å². The summed E-state index contributed by atoms with van der Waals surface area (Å²) in [5.74, 6) is 0. The minimum absolute atomic E-state index is 0.182. The summed E-state index contributed by atoms with van der Waals surface area (Å²) in [5.41, 5.74) is -1.65. The van der Waals surface area contributed by atoms with E-state index in [4.69, 9.17) is 11.6 Å². The average Bonchev–Trinajstić information content (AvgIpc) is 2.08. The molecule has 0 heterocycles. The second kappa shape index (κ2) is 5.41. The molecule has 0 unspecified atom stereocenters. The topological polar surface area (TPSA) is 17.1 Å². The van der Waals surface area contributed by atoms with Crippen LogP contribution in [0.5, 0.6) is 0 Å². The predicted octanol–water partition coefficient (Wildman–Crippen LogP) is 2.43. The van der Waals surface area contributed by atoms with E-state index in [1.807, 2.05) is 0 Å². The van der Waals surface area contributed by atoms with Crippen LogP contribution in [0.4, 0.5) is 13.2 Å². The zero-order chi connectivity index (χ0) is 9.61. The Balaban J connectivity index is 4.01. The van der Waals surface area contributed by atoms with Crippen molar-refractivity contribution in [2.45, 2.75) is 12.8 Å². The van der Waals surface area contributed by atoms with Gasteiger partial charge in [-0.3, -0.25) is 18.0 Å². The predicted molar refractivity (Wildman–Crippen MR) is 40.5 cm³/mol. The van der Waals surface area contributed by atoms with Gasteiger partial charge >= 0.3 is 0 Å². The summed E-state index contributed by atoms with van der Waals surface area (Å²) in [6.07, 6.45) is -0.377. The van der Waals surface area contributed by atoms with E-state index in [2.05, 4.69) is 0 Å². The molecular formula is C7H10ClF3O. The SMILES string of the molecule is O=C(Cl)CCC(CF)(CF)CF. The highest BCUT2D eigenvalue weighted by atomic mass is 35.5. The van der Waals surface area contributed by atoms with Crippen LogP contribution in [0, 0.1) is 5.41 Å². The van der Waals surface area contributed by atoms with E-state index >= 15 is 0 Å². The van der Waals surface area contributed by atoms with Crippen molar-refractivity contribution in [3.8, 4) is 0 Å². The molecule has 5 heteroatoms. The molecule has 1 nitrogen and oxygen atoms in total. The molecule has 0 N–H and O–H groups in total. The number of carbonyl (C=O) groups excluding carboxylic acids is 1. The lowest BCUT2D eigenvalue weighted by molar-refractivity contribution is -0.112. The van der Waals surface area contributed by atoms with Gasteiger partial charge in [0.25, 0.3) is 0 Å². The van der Waals surface area contributed by atoms with Crippen molar-refractivity contribution in [1.29, 1.82) is 0 Å². The maximum absolute atomic E-state index is 12.1. The molecule has 0 atom stereocenters. The second-order valence-corrected chi connectivity index (χ2v) is 3.18. The Hall–Kier alpha value is -0.250. The third-order valence-corrected chi connectivity index (χ3v) is 1.89. The molecule has 12 heavy (non-hydrogen) atoms. The van der Waals surface area contributed by atoms with E-state index in [0.29, 0.717) is 0 Å². The summed E-state index contributed by atoms with van der Waals surface area (Å²) in [4.78, 5) is 10.2. The van der Waals surface area contributed by atoms with Crippen molar-refractivity contribution in [1.82, 2.24) is 0 Å². The number of alkyl halides is 3. The first-order valence-corrected chi connectivity index (χ1v) is 3.84. The number of hydrogen-bond donors (Lipinski definition) is 0.